The molecule has 112 valence electrons. The van der Waals surface area contributed by atoms with Gasteiger partial charge in [0.05, 0.1) is 11.9 Å². The molecule has 0 amide bonds. The highest BCUT2D eigenvalue weighted by molar-refractivity contribution is 5.51. The van der Waals surface area contributed by atoms with Crippen molar-refractivity contribution in [1.82, 2.24) is 10.3 Å². The minimum Gasteiger partial charge on any atom is -0.369 e. The van der Waals surface area contributed by atoms with Gasteiger partial charge in [0.2, 0.25) is 0 Å². The van der Waals surface area contributed by atoms with Gasteiger partial charge in [-0.1, -0.05) is 43.7 Å². The molecule has 1 N–H and O–H groups in total. The Morgan fingerprint density at radius 1 is 1.14 bits per heavy atom. The normalized spacial score (nSPS) is 10.9. The molecule has 0 saturated carbocycles. The molecule has 3 nitrogen and oxygen atoms in total. The zero-order valence-corrected chi connectivity index (χ0v) is 13.4. The van der Waals surface area contributed by atoms with Crippen LogP contribution in [0.25, 0.3) is 0 Å². The number of pyridine rings is 1. The van der Waals surface area contributed by atoms with Crippen molar-refractivity contribution in [3.63, 3.8) is 0 Å². The van der Waals surface area contributed by atoms with Crippen molar-refractivity contribution >= 4 is 5.69 Å². The van der Waals surface area contributed by atoms with Crippen LogP contribution in [0.4, 0.5) is 5.69 Å². The number of aryl methyl sites for hydroxylation is 1. The van der Waals surface area contributed by atoms with Crippen LogP contribution in [-0.4, -0.2) is 18.1 Å². The average Bonchev–Trinajstić information content (AvgIpc) is 2.47. The Kier molecular flexibility index (Phi) is 5.34. The second-order valence-corrected chi connectivity index (χ2v) is 5.88. The smallest absolute Gasteiger partial charge is 0.0598 e. The lowest BCUT2D eigenvalue weighted by atomic mass is 10.1. The Morgan fingerprint density at radius 2 is 1.86 bits per heavy atom. The average molecular weight is 283 g/mol. The van der Waals surface area contributed by atoms with Gasteiger partial charge in [0.1, 0.15) is 0 Å². The molecule has 0 fully saturated rings. The zero-order chi connectivity index (χ0) is 15.2. The van der Waals surface area contributed by atoms with E-state index in [2.05, 4.69) is 73.4 Å². The van der Waals surface area contributed by atoms with Crippen molar-refractivity contribution in [3.05, 3.63) is 59.4 Å². The Morgan fingerprint density at radius 3 is 2.52 bits per heavy atom. The van der Waals surface area contributed by atoms with E-state index in [4.69, 9.17) is 0 Å². The lowest BCUT2D eigenvalue weighted by Gasteiger charge is -2.23. The molecule has 1 aromatic carbocycles. The molecule has 3 heteroatoms. The second kappa shape index (κ2) is 7.23. The van der Waals surface area contributed by atoms with Crippen molar-refractivity contribution in [2.45, 2.75) is 39.9 Å². The number of hydrogen-bond donors (Lipinski definition) is 1. The summed E-state index contributed by atoms with van der Waals surface area (Å²) in [5.74, 6) is 0. The summed E-state index contributed by atoms with van der Waals surface area (Å²) in [6.45, 7) is 8.20. The number of rotatable bonds is 6. The minimum absolute atomic E-state index is 0.480. The first-order chi connectivity index (χ1) is 10.1. The monoisotopic (exact) mass is 283 g/mol. The summed E-state index contributed by atoms with van der Waals surface area (Å²) < 4.78 is 0. The van der Waals surface area contributed by atoms with E-state index in [-0.39, 0.29) is 0 Å². The highest BCUT2D eigenvalue weighted by atomic mass is 15.1. The van der Waals surface area contributed by atoms with E-state index in [1.165, 1.54) is 22.4 Å². The van der Waals surface area contributed by atoms with Gasteiger partial charge in [-0.3, -0.25) is 4.98 Å². The molecule has 1 heterocycles. The highest BCUT2D eigenvalue weighted by Crippen LogP contribution is 2.20. The number of anilines is 1. The van der Waals surface area contributed by atoms with Crippen molar-refractivity contribution in [3.8, 4) is 0 Å². The largest absolute Gasteiger partial charge is 0.369 e. The summed E-state index contributed by atoms with van der Waals surface area (Å²) in [5.41, 5.74) is 5.08. The van der Waals surface area contributed by atoms with Gasteiger partial charge in [0.15, 0.2) is 0 Å². The summed E-state index contributed by atoms with van der Waals surface area (Å²) in [7, 11) is 2.12. The molecule has 1 aromatic heterocycles. The molecule has 0 spiro atoms. The molecule has 0 atom stereocenters. The van der Waals surface area contributed by atoms with E-state index in [0.717, 1.165) is 13.1 Å². The number of nitrogens with one attached hydrogen (secondary N) is 1. The lowest BCUT2D eigenvalue weighted by molar-refractivity contribution is 0.588. The molecule has 0 radical (unpaired) electrons. The Labute approximate surface area is 128 Å². The maximum atomic E-state index is 4.28. The van der Waals surface area contributed by atoms with Gasteiger partial charge in [-0.25, -0.2) is 0 Å². The second-order valence-electron chi connectivity index (χ2n) is 5.88. The van der Waals surface area contributed by atoms with Gasteiger partial charge >= 0.3 is 0 Å². The molecule has 21 heavy (non-hydrogen) atoms. The maximum absolute atomic E-state index is 4.28. The summed E-state index contributed by atoms with van der Waals surface area (Å²) >= 11 is 0. The Hall–Kier alpha value is -1.87. The molecule has 0 aliphatic rings. The van der Waals surface area contributed by atoms with E-state index in [1.54, 1.807) is 0 Å². The van der Waals surface area contributed by atoms with Gasteiger partial charge in [-0.2, -0.15) is 0 Å². The van der Waals surface area contributed by atoms with E-state index in [1.807, 2.05) is 12.4 Å². The van der Waals surface area contributed by atoms with Crippen LogP contribution < -0.4 is 10.2 Å². The standard InChI is InChI=1S/C18H25N3/c1-14(2)20-11-17-9-10-19-12-18(17)21(4)13-16-7-5-15(3)6-8-16/h5-10,12,14,20H,11,13H2,1-4H3. The first kappa shape index (κ1) is 15.5. The predicted octanol–water partition coefficient (Wildman–Crippen LogP) is 3.52. The van der Waals surface area contributed by atoms with Gasteiger partial charge in [-0.15, -0.1) is 0 Å². The van der Waals surface area contributed by atoms with Crippen LogP contribution in [0, 0.1) is 6.92 Å². The first-order valence-electron chi connectivity index (χ1n) is 7.49. The topological polar surface area (TPSA) is 28.2 Å². The maximum Gasteiger partial charge on any atom is 0.0598 e. The zero-order valence-electron chi connectivity index (χ0n) is 13.4. The van der Waals surface area contributed by atoms with Gasteiger partial charge in [0.25, 0.3) is 0 Å². The van der Waals surface area contributed by atoms with Crippen LogP contribution >= 0.6 is 0 Å². The summed E-state index contributed by atoms with van der Waals surface area (Å²) in [6.07, 6.45) is 3.81. The van der Waals surface area contributed by atoms with Crippen LogP contribution in [0.15, 0.2) is 42.7 Å². The van der Waals surface area contributed by atoms with Crippen LogP contribution in [0.2, 0.25) is 0 Å². The third-order valence-electron chi connectivity index (χ3n) is 3.54. The van der Waals surface area contributed by atoms with Crippen LogP contribution in [-0.2, 0) is 13.1 Å². The number of aromatic nitrogens is 1. The van der Waals surface area contributed by atoms with Gasteiger partial charge in [0, 0.05) is 32.4 Å². The summed E-state index contributed by atoms with van der Waals surface area (Å²) in [5, 5.41) is 3.47. The first-order valence-corrected chi connectivity index (χ1v) is 7.49. The van der Waals surface area contributed by atoms with Crippen molar-refractivity contribution in [2.75, 3.05) is 11.9 Å². The molecule has 0 aliphatic carbocycles. The minimum atomic E-state index is 0.480. The molecule has 2 aromatic rings. The molecular weight excluding hydrogens is 258 g/mol. The predicted molar refractivity (Wildman–Crippen MR) is 89.5 cm³/mol. The fourth-order valence-corrected chi connectivity index (χ4v) is 2.27. The summed E-state index contributed by atoms with van der Waals surface area (Å²) in [4.78, 5) is 6.54. The Balaban J connectivity index is 2.11. The molecular formula is C18H25N3. The van der Waals surface area contributed by atoms with E-state index in [9.17, 15) is 0 Å². The molecule has 0 saturated heterocycles. The highest BCUT2D eigenvalue weighted by Gasteiger charge is 2.08. The van der Waals surface area contributed by atoms with Crippen molar-refractivity contribution in [2.24, 2.45) is 0 Å². The number of hydrogen-bond acceptors (Lipinski definition) is 3. The van der Waals surface area contributed by atoms with Gasteiger partial charge in [-0.05, 0) is 24.1 Å². The number of benzene rings is 1. The quantitative estimate of drug-likeness (QED) is 0.879. The van der Waals surface area contributed by atoms with Crippen molar-refractivity contribution in [1.29, 1.82) is 0 Å². The molecule has 0 bridgehead atoms. The third-order valence-corrected chi connectivity index (χ3v) is 3.54. The lowest BCUT2D eigenvalue weighted by Crippen LogP contribution is -2.24. The van der Waals surface area contributed by atoms with Gasteiger partial charge < -0.3 is 10.2 Å². The molecule has 0 unspecified atom stereocenters. The van der Waals surface area contributed by atoms with E-state index in [0.29, 0.717) is 6.04 Å². The Bertz CT molecular complexity index is 561. The fourth-order valence-electron chi connectivity index (χ4n) is 2.27. The van der Waals surface area contributed by atoms with Crippen LogP contribution in [0.1, 0.15) is 30.5 Å². The number of nitrogens with zero attached hydrogens (tertiary/aromatic N) is 2. The van der Waals surface area contributed by atoms with Crippen LogP contribution in [0.5, 0.6) is 0 Å². The van der Waals surface area contributed by atoms with Crippen LogP contribution in [0.3, 0.4) is 0 Å². The summed E-state index contributed by atoms with van der Waals surface area (Å²) in [6, 6.07) is 11.3. The van der Waals surface area contributed by atoms with E-state index < -0.39 is 0 Å². The third kappa shape index (κ3) is 4.57. The van der Waals surface area contributed by atoms with Crippen molar-refractivity contribution < 1.29 is 0 Å². The fraction of sp³-hybridized carbons (Fsp3) is 0.389. The SMILES string of the molecule is Cc1ccc(CN(C)c2cnccc2CNC(C)C)cc1. The van der Waals surface area contributed by atoms with E-state index >= 15 is 0 Å². The molecule has 2 rings (SSSR count). The molecule has 0 aliphatic heterocycles.